The number of hydrogen-bond acceptors (Lipinski definition) is 5. The van der Waals surface area contributed by atoms with E-state index in [-0.39, 0.29) is 17.1 Å². The summed E-state index contributed by atoms with van der Waals surface area (Å²) in [4.78, 5) is 3.28. The highest BCUT2D eigenvalue weighted by atomic mass is 32.2. The number of rotatable bonds is 9. The number of piperidine rings is 1. The molecule has 0 aromatic heterocycles. The van der Waals surface area contributed by atoms with E-state index in [1.807, 2.05) is 42.5 Å². The van der Waals surface area contributed by atoms with Crippen molar-refractivity contribution in [1.82, 2.24) is 9.21 Å². The number of likely N-dealkylation sites (tertiary alicyclic amines) is 1. The lowest BCUT2D eigenvalue weighted by molar-refractivity contribution is 0.165. The second-order valence-electron chi connectivity index (χ2n) is 10.7. The van der Waals surface area contributed by atoms with Crippen molar-refractivity contribution in [3.05, 3.63) is 96.1 Å². The van der Waals surface area contributed by atoms with Crippen LogP contribution in [0.2, 0.25) is 0 Å². The summed E-state index contributed by atoms with van der Waals surface area (Å²) >= 11 is 0. The minimum absolute atomic E-state index is 0.224. The Kier molecular flexibility index (Phi) is 7.78. The van der Waals surface area contributed by atoms with Crippen LogP contribution in [0.4, 0.5) is 0 Å². The van der Waals surface area contributed by atoms with Crippen LogP contribution in [0.25, 0.3) is 0 Å². The summed E-state index contributed by atoms with van der Waals surface area (Å²) in [7, 11) is -5.08. The number of sulfonamides is 1. The monoisotopic (exact) mass is 552 g/mol. The normalized spacial score (nSPS) is 19.4. The Labute approximate surface area is 227 Å². The van der Waals surface area contributed by atoms with Crippen LogP contribution < -0.4 is 0 Å². The zero-order valence-corrected chi connectivity index (χ0v) is 23.5. The quantitative estimate of drug-likeness (QED) is 0.385. The van der Waals surface area contributed by atoms with Gasteiger partial charge in [0.15, 0.2) is 9.84 Å². The van der Waals surface area contributed by atoms with E-state index in [4.69, 9.17) is 0 Å². The van der Waals surface area contributed by atoms with Crippen molar-refractivity contribution in [2.45, 2.75) is 46.8 Å². The lowest BCUT2D eigenvalue weighted by Crippen LogP contribution is -2.44. The summed E-state index contributed by atoms with van der Waals surface area (Å²) in [6, 6.07) is 26.4. The molecular weight excluding hydrogens is 516 g/mol. The molecule has 0 amide bonds. The van der Waals surface area contributed by atoms with Gasteiger partial charge >= 0.3 is 0 Å². The van der Waals surface area contributed by atoms with Gasteiger partial charge in [0.2, 0.25) is 10.0 Å². The summed E-state index contributed by atoms with van der Waals surface area (Å²) < 4.78 is 53.1. The molecule has 3 aromatic carbocycles. The van der Waals surface area contributed by atoms with Gasteiger partial charge < -0.3 is 4.90 Å². The molecule has 38 heavy (non-hydrogen) atoms. The van der Waals surface area contributed by atoms with E-state index in [0.717, 1.165) is 50.9 Å². The molecule has 0 N–H and O–H groups in total. The summed E-state index contributed by atoms with van der Waals surface area (Å²) in [5.41, 5.74) is 1.96. The number of nitrogens with zero attached hydrogens (tertiary/aromatic N) is 2. The molecule has 1 saturated heterocycles. The van der Waals surface area contributed by atoms with Gasteiger partial charge in [0, 0.05) is 19.0 Å². The average Bonchev–Trinajstić information content (AvgIpc) is 3.16. The van der Waals surface area contributed by atoms with Gasteiger partial charge in [0.25, 0.3) is 0 Å². The van der Waals surface area contributed by atoms with Crippen LogP contribution >= 0.6 is 0 Å². The van der Waals surface area contributed by atoms with E-state index in [1.165, 1.54) is 9.87 Å². The van der Waals surface area contributed by atoms with Crippen LogP contribution in [0, 0.1) is 0 Å². The third-order valence-electron chi connectivity index (χ3n) is 8.38. The Hall–Kier alpha value is -2.52. The lowest BCUT2D eigenvalue weighted by Gasteiger charge is -2.39. The third-order valence-corrected chi connectivity index (χ3v) is 12.2. The Morgan fingerprint density at radius 3 is 2.16 bits per heavy atom. The zero-order chi connectivity index (χ0) is 26.8. The van der Waals surface area contributed by atoms with Crippen LogP contribution in [0.15, 0.2) is 94.7 Å². The molecule has 0 saturated carbocycles. The van der Waals surface area contributed by atoms with Gasteiger partial charge in [0.05, 0.1) is 15.5 Å². The van der Waals surface area contributed by atoms with Crippen LogP contribution in [0.3, 0.4) is 0 Å². The average molecular weight is 553 g/mol. The number of fused-ring (bicyclic) bond motifs is 2. The SMILES string of the molecule is CN(CCC(CCN1CCC2(CC1)CS(=O)(=O)c1ccccc12)c1ccccc1)S(=O)(=O)c1ccccc1. The van der Waals surface area contributed by atoms with E-state index < -0.39 is 19.9 Å². The van der Waals surface area contributed by atoms with Crippen LogP contribution in [0.1, 0.15) is 42.7 Å². The van der Waals surface area contributed by atoms with Gasteiger partial charge in [-0.3, -0.25) is 0 Å². The molecule has 2 aliphatic rings. The fourth-order valence-corrected chi connectivity index (χ4v) is 9.52. The molecule has 2 aliphatic heterocycles. The second kappa shape index (κ2) is 10.9. The second-order valence-corrected chi connectivity index (χ2v) is 14.7. The molecule has 5 rings (SSSR count). The van der Waals surface area contributed by atoms with Gasteiger partial charge in [-0.15, -0.1) is 0 Å². The van der Waals surface area contributed by atoms with Crippen molar-refractivity contribution >= 4 is 19.9 Å². The number of sulfone groups is 1. The van der Waals surface area contributed by atoms with E-state index in [0.29, 0.717) is 16.3 Å². The van der Waals surface area contributed by atoms with Crippen LogP contribution in [-0.2, 0) is 25.3 Å². The van der Waals surface area contributed by atoms with E-state index in [9.17, 15) is 16.8 Å². The first kappa shape index (κ1) is 27.1. The molecule has 0 bridgehead atoms. The van der Waals surface area contributed by atoms with Crippen molar-refractivity contribution in [3.8, 4) is 0 Å². The standard InChI is InChI=1S/C30H36N2O4S2/c1-31(38(35,36)27-12-6-3-7-13-27)20-16-26(25-10-4-2-5-11-25)17-21-32-22-18-30(19-23-32)24-37(33,34)29-15-9-8-14-28(29)30/h2-15,26H,16-24H2,1H3. The van der Waals surface area contributed by atoms with E-state index >= 15 is 0 Å². The minimum atomic E-state index is -3.53. The summed E-state index contributed by atoms with van der Waals surface area (Å²) in [5, 5.41) is 0. The van der Waals surface area contributed by atoms with Gasteiger partial charge in [-0.1, -0.05) is 66.7 Å². The van der Waals surface area contributed by atoms with E-state index in [1.54, 1.807) is 37.4 Å². The fraction of sp³-hybridized carbons (Fsp3) is 0.400. The van der Waals surface area contributed by atoms with Crippen LogP contribution in [-0.4, -0.2) is 65.0 Å². The van der Waals surface area contributed by atoms with Crippen molar-refractivity contribution in [2.75, 3.05) is 39.0 Å². The van der Waals surface area contributed by atoms with Crippen LogP contribution in [0.5, 0.6) is 0 Å². The highest BCUT2D eigenvalue weighted by molar-refractivity contribution is 7.91. The molecule has 1 spiro atoms. The Morgan fingerprint density at radius 1 is 0.868 bits per heavy atom. The maximum atomic E-state index is 13.0. The topological polar surface area (TPSA) is 74.8 Å². The van der Waals surface area contributed by atoms with Crippen molar-refractivity contribution < 1.29 is 16.8 Å². The maximum absolute atomic E-state index is 13.0. The summed E-state index contributed by atoms with van der Waals surface area (Å²) in [6.07, 6.45) is 3.34. The molecule has 8 heteroatoms. The Balaban J connectivity index is 1.22. The highest BCUT2D eigenvalue weighted by Gasteiger charge is 2.48. The predicted molar refractivity (Wildman–Crippen MR) is 151 cm³/mol. The van der Waals surface area contributed by atoms with Crippen molar-refractivity contribution in [2.24, 2.45) is 0 Å². The zero-order valence-electron chi connectivity index (χ0n) is 21.9. The molecule has 6 nitrogen and oxygen atoms in total. The largest absolute Gasteiger partial charge is 0.303 e. The summed E-state index contributed by atoms with van der Waals surface area (Å²) in [6.45, 7) is 3.08. The highest BCUT2D eigenvalue weighted by Crippen LogP contribution is 2.46. The fourth-order valence-electron chi connectivity index (χ4n) is 6.09. The van der Waals surface area contributed by atoms with Crippen molar-refractivity contribution in [1.29, 1.82) is 0 Å². The van der Waals surface area contributed by atoms with Gasteiger partial charge in [-0.25, -0.2) is 21.1 Å². The lowest BCUT2D eigenvalue weighted by atomic mass is 9.74. The first-order valence-electron chi connectivity index (χ1n) is 13.3. The number of benzene rings is 3. The van der Waals surface area contributed by atoms with Gasteiger partial charge in [-0.2, -0.15) is 0 Å². The maximum Gasteiger partial charge on any atom is 0.242 e. The van der Waals surface area contributed by atoms with Gasteiger partial charge in [0.1, 0.15) is 0 Å². The number of hydrogen-bond donors (Lipinski definition) is 0. The third kappa shape index (κ3) is 5.45. The molecule has 0 radical (unpaired) electrons. The van der Waals surface area contributed by atoms with E-state index in [2.05, 4.69) is 17.0 Å². The molecule has 1 unspecified atom stereocenters. The molecule has 0 aliphatic carbocycles. The smallest absolute Gasteiger partial charge is 0.242 e. The Morgan fingerprint density at radius 2 is 1.47 bits per heavy atom. The molecule has 1 atom stereocenters. The molecular formula is C30H36N2O4S2. The minimum Gasteiger partial charge on any atom is -0.303 e. The Bertz CT molecular complexity index is 1450. The molecule has 202 valence electrons. The molecule has 1 fully saturated rings. The van der Waals surface area contributed by atoms with Gasteiger partial charge in [-0.05, 0) is 80.6 Å². The molecule has 3 aromatic rings. The molecule has 2 heterocycles. The predicted octanol–water partition coefficient (Wildman–Crippen LogP) is 4.69. The first-order valence-corrected chi connectivity index (χ1v) is 16.4. The first-order chi connectivity index (χ1) is 18.2. The van der Waals surface area contributed by atoms with Crippen molar-refractivity contribution in [3.63, 3.8) is 0 Å². The summed E-state index contributed by atoms with van der Waals surface area (Å²) in [5.74, 6) is 0.454.